The number of nitrogens with zero attached hydrogens (tertiary/aromatic N) is 2. The van der Waals surface area contributed by atoms with Gasteiger partial charge in [0.1, 0.15) is 0 Å². The van der Waals surface area contributed by atoms with Crippen molar-refractivity contribution in [2.24, 2.45) is 10.7 Å². The second kappa shape index (κ2) is 7.82. The molecule has 0 amide bonds. The number of methoxy groups -OCH3 is 2. The highest BCUT2D eigenvalue weighted by Gasteiger charge is 2.09. The van der Waals surface area contributed by atoms with Gasteiger partial charge in [0.2, 0.25) is 0 Å². The molecule has 0 aliphatic carbocycles. The Kier molecular flexibility index (Phi) is 5.81. The first kappa shape index (κ1) is 17.1. The van der Waals surface area contributed by atoms with Crippen LogP contribution in [0.1, 0.15) is 23.5 Å². The molecule has 2 rings (SSSR count). The van der Waals surface area contributed by atoms with Crippen molar-refractivity contribution in [1.82, 2.24) is 4.98 Å². The van der Waals surface area contributed by atoms with Gasteiger partial charge in [0.25, 0.3) is 0 Å². The lowest BCUT2D eigenvalue weighted by Gasteiger charge is -2.11. The molecule has 0 aliphatic heterocycles. The van der Waals surface area contributed by atoms with E-state index >= 15 is 0 Å². The molecule has 0 radical (unpaired) electrons. The van der Waals surface area contributed by atoms with Gasteiger partial charge < -0.3 is 20.5 Å². The maximum Gasteiger partial charge on any atom is 0.193 e. The average Bonchev–Trinajstić information content (AvgIpc) is 2.99. The van der Waals surface area contributed by atoms with E-state index in [4.69, 9.17) is 15.2 Å². The zero-order valence-electron chi connectivity index (χ0n) is 13.8. The van der Waals surface area contributed by atoms with E-state index in [1.54, 1.807) is 25.6 Å². The minimum atomic E-state index is 0.236. The fourth-order valence-electron chi connectivity index (χ4n) is 2.01. The summed E-state index contributed by atoms with van der Waals surface area (Å²) in [6.45, 7) is 4.66. The maximum absolute atomic E-state index is 5.95. The fraction of sp³-hybridized carbons (Fsp3) is 0.375. The highest BCUT2D eigenvalue weighted by atomic mass is 32.1. The molecule has 1 aromatic heterocycles. The summed E-state index contributed by atoms with van der Waals surface area (Å²) in [7, 11) is 3.19. The molecule has 7 heteroatoms. The fourth-order valence-corrected chi connectivity index (χ4v) is 2.86. The Balaban J connectivity index is 1.99. The standard InChI is InChI=1S/C16H22N4O2S/c1-10(15-19-11(2)9-23-15)8-18-16(17)20-12-5-6-13(21-3)14(7-12)22-4/h5-7,9-10H,8H2,1-4H3,(H3,17,18,20). The van der Waals surface area contributed by atoms with Crippen molar-refractivity contribution in [3.63, 3.8) is 0 Å². The SMILES string of the molecule is COc1ccc(NC(N)=NCC(C)c2nc(C)cs2)cc1OC. The summed E-state index contributed by atoms with van der Waals surface area (Å²) in [5.74, 6) is 1.90. The zero-order chi connectivity index (χ0) is 16.8. The van der Waals surface area contributed by atoms with Crippen molar-refractivity contribution in [2.45, 2.75) is 19.8 Å². The third-order valence-corrected chi connectivity index (χ3v) is 4.44. The maximum atomic E-state index is 5.95. The van der Waals surface area contributed by atoms with Crippen LogP contribution in [0.3, 0.4) is 0 Å². The van der Waals surface area contributed by atoms with Gasteiger partial charge in [-0.15, -0.1) is 11.3 Å². The second-order valence-corrected chi connectivity index (χ2v) is 6.04. The Labute approximate surface area is 140 Å². The van der Waals surface area contributed by atoms with Gasteiger partial charge in [-0.25, -0.2) is 4.98 Å². The molecule has 6 nitrogen and oxygen atoms in total. The van der Waals surface area contributed by atoms with Crippen molar-refractivity contribution in [1.29, 1.82) is 0 Å². The van der Waals surface area contributed by atoms with Crippen LogP contribution in [0.25, 0.3) is 0 Å². The van der Waals surface area contributed by atoms with Crippen LogP contribution < -0.4 is 20.5 Å². The Morgan fingerprint density at radius 1 is 1.35 bits per heavy atom. The molecule has 3 N–H and O–H groups in total. The van der Waals surface area contributed by atoms with Crippen LogP contribution in [0.15, 0.2) is 28.6 Å². The van der Waals surface area contributed by atoms with Crippen LogP contribution in [0, 0.1) is 6.92 Å². The number of nitrogens with two attached hydrogens (primary N) is 1. The molecular weight excluding hydrogens is 312 g/mol. The number of guanidine groups is 1. The smallest absolute Gasteiger partial charge is 0.193 e. The Hall–Kier alpha value is -2.28. The molecule has 2 aromatic rings. The van der Waals surface area contributed by atoms with Crippen molar-refractivity contribution in [3.05, 3.63) is 34.3 Å². The first-order valence-corrected chi connectivity index (χ1v) is 8.12. The average molecular weight is 334 g/mol. The van der Waals surface area contributed by atoms with Gasteiger partial charge in [0.15, 0.2) is 17.5 Å². The zero-order valence-corrected chi connectivity index (χ0v) is 14.6. The minimum Gasteiger partial charge on any atom is -0.493 e. The molecule has 1 unspecified atom stereocenters. The minimum absolute atomic E-state index is 0.236. The lowest BCUT2D eigenvalue weighted by molar-refractivity contribution is 0.355. The number of benzene rings is 1. The Bertz CT molecular complexity index is 684. The Morgan fingerprint density at radius 3 is 2.70 bits per heavy atom. The lowest BCUT2D eigenvalue weighted by atomic mass is 10.2. The van der Waals surface area contributed by atoms with Gasteiger partial charge in [-0.1, -0.05) is 6.92 Å². The van der Waals surface area contributed by atoms with Gasteiger partial charge in [0, 0.05) is 28.7 Å². The van der Waals surface area contributed by atoms with Crippen LogP contribution in [-0.2, 0) is 0 Å². The Morgan fingerprint density at radius 2 is 2.09 bits per heavy atom. The monoisotopic (exact) mass is 334 g/mol. The predicted octanol–water partition coefficient (Wildman–Crippen LogP) is 3.00. The van der Waals surface area contributed by atoms with E-state index in [1.807, 2.05) is 30.5 Å². The van der Waals surface area contributed by atoms with E-state index in [0.29, 0.717) is 24.0 Å². The number of aryl methyl sites for hydroxylation is 1. The largest absolute Gasteiger partial charge is 0.493 e. The summed E-state index contributed by atoms with van der Waals surface area (Å²) in [4.78, 5) is 8.85. The normalized spacial score (nSPS) is 12.8. The molecule has 0 saturated carbocycles. The van der Waals surface area contributed by atoms with Gasteiger partial charge in [-0.2, -0.15) is 0 Å². The molecule has 0 aliphatic rings. The number of anilines is 1. The van der Waals surface area contributed by atoms with Crippen LogP contribution in [0.2, 0.25) is 0 Å². The summed E-state index contributed by atoms with van der Waals surface area (Å²) >= 11 is 1.65. The van der Waals surface area contributed by atoms with Crippen LogP contribution in [-0.4, -0.2) is 31.7 Å². The van der Waals surface area contributed by atoms with Crippen molar-refractivity contribution in [3.8, 4) is 11.5 Å². The van der Waals surface area contributed by atoms with Crippen LogP contribution in [0.5, 0.6) is 11.5 Å². The number of rotatable bonds is 6. The summed E-state index contributed by atoms with van der Waals surface area (Å²) in [6, 6.07) is 5.49. The quantitative estimate of drug-likeness (QED) is 0.627. The number of aliphatic imine (C=N–C) groups is 1. The molecule has 23 heavy (non-hydrogen) atoms. The van der Waals surface area contributed by atoms with E-state index < -0.39 is 0 Å². The van der Waals surface area contributed by atoms with Gasteiger partial charge in [0.05, 0.1) is 25.8 Å². The third-order valence-electron chi connectivity index (χ3n) is 3.25. The molecular formula is C16H22N4O2S. The second-order valence-electron chi connectivity index (χ2n) is 5.15. The van der Waals surface area contributed by atoms with Crippen LogP contribution in [0.4, 0.5) is 5.69 Å². The molecule has 0 bridgehead atoms. The van der Waals surface area contributed by atoms with Gasteiger partial charge >= 0.3 is 0 Å². The number of hydrogen-bond donors (Lipinski definition) is 2. The van der Waals surface area contributed by atoms with E-state index in [9.17, 15) is 0 Å². The molecule has 0 saturated heterocycles. The molecule has 124 valence electrons. The molecule has 0 fully saturated rings. The van der Waals surface area contributed by atoms with Crippen molar-refractivity contribution >= 4 is 23.0 Å². The highest BCUT2D eigenvalue weighted by molar-refractivity contribution is 7.09. The van der Waals surface area contributed by atoms with Crippen LogP contribution >= 0.6 is 11.3 Å². The number of ether oxygens (including phenoxy) is 2. The highest BCUT2D eigenvalue weighted by Crippen LogP contribution is 2.29. The van der Waals surface area contributed by atoms with E-state index in [-0.39, 0.29) is 5.92 Å². The van der Waals surface area contributed by atoms with Crippen molar-refractivity contribution < 1.29 is 9.47 Å². The predicted molar refractivity (Wildman–Crippen MR) is 94.9 cm³/mol. The van der Waals surface area contributed by atoms with Gasteiger partial charge in [-0.05, 0) is 19.1 Å². The molecule has 1 atom stereocenters. The summed E-state index contributed by atoms with van der Waals surface area (Å²) < 4.78 is 10.5. The summed E-state index contributed by atoms with van der Waals surface area (Å²) in [6.07, 6.45) is 0. The lowest BCUT2D eigenvalue weighted by Crippen LogP contribution is -2.23. The first-order chi connectivity index (χ1) is 11.0. The number of thiazole rings is 1. The summed E-state index contributed by atoms with van der Waals surface area (Å²) in [5, 5.41) is 6.17. The van der Waals surface area contributed by atoms with E-state index in [1.165, 1.54) is 0 Å². The molecule has 1 aromatic carbocycles. The van der Waals surface area contributed by atoms with E-state index in [0.717, 1.165) is 16.4 Å². The third kappa shape index (κ3) is 4.59. The van der Waals surface area contributed by atoms with Gasteiger partial charge in [-0.3, -0.25) is 4.99 Å². The number of aromatic nitrogens is 1. The molecule has 0 spiro atoms. The van der Waals surface area contributed by atoms with Crippen molar-refractivity contribution in [2.75, 3.05) is 26.1 Å². The summed E-state index contributed by atoms with van der Waals surface area (Å²) in [5.41, 5.74) is 7.78. The number of hydrogen-bond acceptors (Lipinski definition) is 5. The topological polar surface area (TPSA) is 81.8 Å². The first-order valence-electron chi connectivity index (χ1n) is 7.24. The van der Waals surface area contributed by atoms with E-state index in [2.05, 4.69) is 22.2 Å². The number of nitrogens with one attached hydrogen (secondary N) is 1. The molecule has 1 heterocycles.